The first-order chi connectivity index (χ1) is 16.0. The van der Waals surface area contributed by atoms with Crippen LogP contribution in [0.15, 0.2) is 71.6 Å². The number of nitrogens with one attached hydrogen (secondary N) is 2. The van der Waals surface area contributed by atoms with E-state index in [2.05, 4.69) is 15.6 Å². The smallest absolute Gasteiger partial charge is 0.408 e. The zero-order valence-corrected chi connectivity index (χ0v) is 18.7. The van der Waals surface area contributed by atoms with E-state index in [1.54, 1.807) is 17.8 Å². The number of ether oxygens (including phenoxy) is 2. The highest BCUT2D eigenvalue weighted by molar-refractivity contribution is 7.07. The number of benzene rings is 2. The number of hydrogen-bond acceptors (Lipinski definition) is 7. The van der Waals surface area contributed by atoms with Crippen LogP contribution in [0.1, 0.15) is 29.8 Å². The summed E-state index contributed by atoms with van der Waals surface area (Å²) in [6, 6.07) is 16.9. The number of hydrogen-bond donors (Lipinski definition) is 2. The molecule has 0 bridgehead atoms. The predicted octanol–water partition coefficient (Wildman–Crippen LogP) is 3.00. The molecule has 9 heteroatoms. The molecule has 0 spiro atoms. The fourth-order valence-electron chi connectivity index (χ4n) is 3.58. The summed E-state index contributed by atoms with van der Waals surface area (Å²) in [5.41, 5.74) is 3.92. The number of amides is 2. The summed E-state index contributed by atoms with van der Waals surface area (Å²) in [4.78, 5) is 41.9. The summed E-state index contributed by atoms with van der Waals surface area (Å²) < 4.78 is 10.9. The van der Waals surface area contributed by atoms with E-state index in [9.17, 15) is 14.4 Å². The number of thiazole rings is 1. The summed E-state index contributed by atoms with van der Waals surface area (Å²) >= 11 is 1.39. The van der Waals surface area contributed by atoms with Gasteiger partial charge < -0.3 is 20.1 Å². The van der Waals surface area contributed by atoms with Gasteiger partial charge in [0.25, 0.3) is 0 Å². The minimum Gasteiger partial charge on any atom is -0.451 e. The minimum atomic E-state index is -1.00. The number of nitrogens with zero attached hydrogens (tertiary/aromatic N) is 1. The lowest BCUT2D eigenvalue weighted by molar-refractivity contribution is -0.151. The van der Waals surface area contributed by atoms with E-state index >= 15 is 0 Å². The molecule has 1 fully saturated rings. The van der Waals surface area contributed by atoms with Crippen LogP contribution in [0.5, 0.6) is 0 Å². The van der Waals surface area contributed by atoms with Crippen LogP contribution in [0.4, 0.5) is 4.79 Å². The van der Waals surface area contributed by atoms with E-state index < -0.39 is 42.3 Å². The lowest BCUT2D eigenvalue weighted by Crippen LogP contribution is -2.52. The Hall–Kier alpha value is -3.72. The minimum absolute atomic E-state index is 0.153. The molecule has 1 saturated heterocycles. The van der Waals surface area contributed by atoms with Gasteiger partial charge in [-0.1, -0.05) is 60.7 Å². The standard InChI is InChI=1S/C24H23N3O5S/c1-15-20(27-24(30)31-15)22(28)26-19(12-18-13-33-14-25-18)23(29)32-21(16-8-4-2-5-9-16)17-10-6-3-7-11-17/h2-11,13-15,19-21H,12H2,1H3,(H,26,28)(H,27,30)/t15-,19+,20-/m0/s1. The Balaban J connectivity index is 1.56. The van der Waals surface area contributed by atoms with Crippen molar-refractivity contribution in [3.63, 3.8) is 0 Å². The van der Waals surface area contributed by atoms with Crippen LogP contribution in [0, 0.1) is 0 Å². The van der Waals surface area contributed by atoms with E-state index in [0.29, 0.717) is 5.69 Å². The number of alkyl carbamates (subject to hydrolysis) is 1. The maximum absolute atomic E-state index is 13.3. The number of aromatic nitrogens is 1. The fourth-order valence-corrected chi connectivity index (χ4v) is 4.15. The average Bonchev–Trinajstić information content (AvgIpc) is 3.46. The van der Waals surface area contributed by atoms with Crippen molar-refractivity contribution in [1.29, 1.82) is 0 Å². The van der Waals surface area contributed by atoms with Gasteiger partial charge in [-0.2, -0.15) is 0 Å². The molecule has 1 aliphatic rings. The molecule has 1 aliphatic heterocycles. The van der Waals surface area contributed by atoms with Crippen LogP contribution in [0.3, 0.4) is 0 Å². The number of cyclic esters (lactones) is 1. The fraction of sp³-hybridized carbons (Fsp3) is 0.250. The first kappa shape index (κ1) is 22.5. The van der Waals surface area contributed by atoms with Crippen LogP contribution < -0.4 is 10.6 Å². The van der Waals surface area contributed by atoms with Crippen molar-refractivity contribution in [2.75, 3.05) is 0 Å². The van der Waals surface area contributed by atoms with Gasteiger partial charge in [0.05, 0.1) is 11.2 Å². The van der Waals surface area contributed by atoms with Gasteiger partial charge in [-0.15, -0.1) is 11.3 Å². The maximum Gasteiger partial charge on any atom is 0.408 e. The van der Waals surface area contributed by atoms with E-state index in [4.69, 9.17) is 9.47 Å². The van der Waals surface area contributed by atoms with Crippen LogP contribution in [0.2, 0.25) is 0 Å². The quantitative estimate of drug-likeness (QED) is 0.496. The van der Waals surface area contributed by atoms with Crippen LogP contribution in [-0.2, 0) is 25.5 Å². The Kier molecular flexibility index (Phi) is 6.99. The van der Waals surface area contributed by atoms with Gasteiger partial charge in [-0.25, -0.2) is 14.6 Å². The number of carbonyl (C=O) groups is 3. The molecule has 2 amide bonds. The summed E-state index contributed by atoms with van der Waals surface area (Å²) in [6.07, 6.45) is -1.83. The third-order valence-electron chi connectivity index (χ3n) is 5.25. The predicted molar refractivity (Wildman–Crippen MR) is 121 cm³/mol. The lowest BCUT2D eigenvalue weighted by Gasteiger charge is -2.24. The summed E-state index contributed by atoms with van der Waals surface area (Å²) in [5.74, 6) is -1.13. The van der Waals surface area contributed by atoms with Gasteiger partial charge in [-0.3, -0.25) is 4.79 Å². The molecule has 3 atom stereocenters. The summed E-state index contributed by atoms with van der Waals surface area (Å²) in [5, 5.41) is 6.98. The monoisotopic (exact) mass is 465 g/mol. The largest absolute Gasteiger partial charge is 0.451 e. The zero-order valence-electron chi connectivity index (χ0n) is 17.8. The Bertz CT molecular complexity index is 1050. The Morgan fingerprint density at radius 2 is 1.76 bits per heavy atom. The zero-order chi connectivity index (χ0) is 23.2. The van der Waals surface area contributed by atoms with Gasteiger partial charge >= 0.3 is 12.1 Å². The second-order valence-electron chi connectivity index (χ2n) is 7.62. The van der Waals surface area contributed by atoms with Gasteiger partial charge in [0.15, 0.2) is 6.10 Å². The molecule has 0 unspecified atom stereocenters. The van der Waals surface area contributed by atoms with Gasteiger partial charge in [0.1, 0.15) is 18.2 Å². The molecule has 33 heavy (non-hydrogen) atoms. The molecule has 2 heterocycles. The molecule has 0 saturated carbocycles. The third kappa shape index (κ3) is 5.56. The summed E-state index contributed by atoms with van der Waals surface area (Å²) in [6.45, 7) is 1.61. The Morgan fingerprint density at radius 3 is 2.27 bits per heavy atom. The summed E-state index contributed by atoms with van der Waals surface area (Å²) in [7, 11) is 0. The van der Waals surface area contributed by atoms with E-state index in [1.165, 1.54) is 11.3 Å². The molecule has 2 aromatic carbocycles. The lowest BCUT2D eigenvalue weighted by atomic mass is 10.0. The number of esters is 1. The van der Waals surface area contributed by atoms with Crippen LogP contribution in [0.25, 0.3) is 0 Å². The van der Waals surface area contributed by atoms with Crippen molar-refractivity contribution in [1.82, 2.24) is 15.6 Å². The van der Waals surface area contributed by atoms with Crippen molar-refractivity contribution in [2.24, 2.45) is 0 Å². The van der Waals surface area contributed by atoms with Gasteiger partial charge in [0, 0.05) is 11.8 Å². The Labute approximate surface area is 194 Å². The molecular weight excluding hydrogens is 442 g/mol. The normalized spacial score (nSPS) is 18.3. The van der Waals surface area contributed by atoms with Gasteiger partial charge in [0.2, 0.25) is 5.91 Å². The second kappa shape index (κ2) is 10.3. The molecule has 3 aromatic rings. The highest BCUT2D eigenvalue weighted by atomic mass is 32.1. The first-order valence-electron chi connectivity index (χ1n) is 10.5. The van der Waals surface area contributed by atoms with E-state index in [-0.39, 0.29) is 6.42 Å². The van der Waals surface area contributed by atoms with Crippen molar-refractivity contribution in [3.05, 3.63) is 88.4 Å². The highest BCUT2D eigenvalue weighted by Gasteiger charge is 2.38. The molecule has 8 nitrogen and oxygen atoms in total. The Morgan fingerprint density at radius 1 is 1.12 bits per heavy atom. The highest BCUT2D eigenvalue weighted by Crippen LogP contribution is 2.26. The molecule has 4 rings (SSSR count). The number of rotatable bonds is 8. The first-order valence-corrected chi connectivity index (χ1v) is 11.4. The third-order valence-corrected chi connectivity index (χ3v) is 5.89. The van der Waals surface area contributed by atoms with Crippen LogP contribution in [-0.4, -0.2) is 41.1 Å². The van der Waals surface area contributed by atoms with Crippen molar-refractivity contribution in [2.45, 2.75) is 37.6 Å². The van der Waals surface area contributed by atoms with E-state index in [1.807, 2.05) is 60.7 Å². The van der Waals surface area contributed by atoms with Crippen LogP contribution >= 0.6 is 11.3 Å². The average molecular weight is 466 g/mol. The number of carbonyl (C=O) groups excluding carboxylic acids is 3. The van der Waals surface area contributed by atoms with Crippen molar-refractivity contribution < 1.29 is 23.9 Å². The van der Waals surface area contributed by atoms with Crippen molar-refractivity contribution >= 4 is 29.3 Å². The maximum atomic E-state index is 13.3. The van der Waals surface area contributed by atoms with Gasteiger partial charge in [-0.05, 0) is 18.1 Å². The molecule has 0 radical (unpaired) electrons. The topological polar surface area (TPSA) is 107 Å². The molecule has 170 valence electrons. The molecule has 0 aliphatic carbocycles. The van der Waals surface area contributed by atoms with E-state index in [0.717, 1.165) is 11.1 Å². The molecule has 2 N–H and O–H groups in total. The van der Waals surface area contributed by atoms with Crippen molar-refractivity contribution in [3.8, 4) is 0 Å². The second-order valence-corrected chi connectivity index (χ2v) is 8.33. The molecular formula is C24H23N3O5S. The SMILES string of the molecule is C[C@@H]1OC(=O)N[C@@H]1C(=O)N[C@H](Cc1cscn1)C(=O)OC(c1ccccc1)c1ccccc1. The molecule has 1 aromatic heterocycles.